The van der Waals surface area contributed by atoms with Crippen LogP contribution in [0.15, 0.2) is 12.3 Å². The van der Waals surface area contributed by atoms with Gasteiger partial charge in [-0.2, -0.15) is 4.21 Å². The van der Waals surface area contributed by atoms with Crippen molar-refractivity contribution in [2.75, 3.05) is 0 Å². The minimum Gasteiger partial charge on any atom is -0.382 e. The maximum Gasteiger partial charge on any atom is 0.360 e. The highest BCUT2D eigenvalue weighted by atomic mass is 32.2. The zero-order chi connectivity index (χ0) is 7.07. The molecule has 4 heteroatoms. The van der Waals surface area contributed by atoms with Gasteiger partial charge in [0.1, 0.15) is 11.4 Å². The van der Waals surface area contributed by atoms with E-state index in [9.17, 15) is 4.21 Å². The molecule has 0 amide bonds. The average molecular weight is 148 g/mol. The van der Waals surface area contributed by atoms with Crippen LogP contribution in [0.1, 0.15) is 13.8 Å². The zero-order valence-electron chi connectivity index (χ0n) is 5.34. The van der Waals surface area contributed by atoms with E-state index in [4.69, 9.17) is 4.18 Å². The molecule has 0 saturated carbocycles. The summed E-state index contributed by atoms with van der Waals surface area (Å²) in [7, 11) is 0. The molecule has 1 heterocycles. The third kappa shape index (κ3) is 1.14. The predicted molar refractivity (Wildman–Crippen MR) is 33.5 cm³/mol. The summed E-state index contributed by atoms with van der Waals surface area (Å²) in [5.74, 6) is 0.417. The van der Waals surface area contributed by atoms with Crippen LogP contribution in [-0.2, 0) is 19.7 Å². The molecule has 1 aliphatic heterocycles. The van der Waals surface area contributed by atoms with Crippen LogP contribution in [0.25, 0.3) is 0 Å². The molecule has 52 valence electrons. The molecule has 0 N–H and O–H groups in total. The van der Waals surface area contributed by atoms with Crippen LogP contribution in [-0.4, -0.2) is 9.81 Å². The van der Waals surface area contributed by atoms with Crippen LogP contribution in [0.3, 0.4) is 0 Å². The van der Waals surface area contributed by atoms with Gasteiger partial charge >= 0.3 is 11.4 Å². The molecule has 1 saturated heterocycles. The molecule has 0 aromatic carbocycles. The predicted octanol–water partition coefficient (Wildman–Crippen LogP) is 0.904. The van der Waals surface area contributed by atoms with Gasteiger partial charge in [0, 0.05) is 0 Å². The van der Waals surface area contributed by atoms with Gasteiger partial charge < -0.3 is 4.18 Å². The number of hydrogen-bond donors (Lipinski definition) is 0. The van der Waals surface area contributed by atoms with Crippen molar-refractivity contribution in [1.29, 1.82) is 0 Å². The second-order valence-corrected chi connectivity index (χ2v) is 3.05. The fourth-order valence-electron chi connectivity index (χ4n) is 0.416. The van der Waals surface area contributed by atoms with E-state index in [2.05, 4.69) is 10.8 Å². The van der Waals surface area contributed by atoms with Crippen LogP contribution in [0.4, 0.5) is 0 Å². The number of hydrogen-bond acceptors (Lipinski definition) is 3. The molecule has 1 aliphatic rings. The van der Waals surface area contributed by atoms with Crippen LogP contribution in [0, 0.1) is 0 Å². The van der Waals surface area contributed by atoms with Crippen molar-refractivity contribution in [2.24, 2.45) is 0 Å². The van der Waals surface area contributed by atoms with E-state index in [-0.39, 0.29) is 0 Å². The van der Waals surface area contributed by atoms with Gasteiger partial charge in [-0.05, 0) is 13.8 Å². The van der Waals surface area contributed by atoms with Crippen LogP contribution < -0.4 is 0 Å². The zero-order valence-corrected chi connectivity index (χ0v) is 6.16. The molecule has 1 unspecified atom stereocenters. The second-order valence-electron chi connectivity index (χ2n) is 2.30. The van der Waals surface area contributed by atoms with Gasteiger partial charge in [0.05, 0.1) is 0 Å². The molecule has 1 atom stereocenters. The lowest BCUT2D eigenvalue weighted by Gasteiger charge is -2.09. The molecular weight excluding hydrogens is 140 g/mol. The fourth-order valence-corrected chi connectivity index (χ4v) is 1.25. The van der Waals surface area contributed by atoms with Gasteiger partial charge in [-0.25, -0.2) is 4.18 Å². The standard InChI is InChI=1S/C5H8O3S/c1-4-5(2,3)8-9(6)7-4/h1H2,2-3H3. The van der Waals surface area contributed by atoms with Crippen LogP contribution in [0.5, 0.6) is 0 Å². The van der Waals surface area contributed by atoms with E-state index in [0.717, 1.165) is 0 Å². The summed E-state index contributed by atoms with van der Waals surface area (Å²) in [5, 5.41) is 0. The van der Waals surface area contributed by atoms with Crippen molar-refractivity contribution in [1.82, 2.24) is 0 Å². The molecule has 9 heavy (non-hydrogen) atoms. The monoisotopic (exact) mass is 148 g/mol. The van der Waals surface area contributed by atoms with Crippen molar-refractivity contribution >= 4 is 11.4 Å². The van der Waals surface area contributed by atoms with Crippen molar-refractivity contribution < 1.29 is 12.6 Å². The van der Waals surface area contributed by atoms with E-state index in [1.807, 2.05) is 0 Å². The first-order valence-electron chi connectivity index (χ1n) is 2.51. The molecule has 0 aromatic rings. The van der Waals surface area contributed by atoms with E-state index >= 15 is 0 Å². The van der Waals surface area contributed by atoms with Crippen molar-refractivity contribution in [3.05, 3.63) is 12.3 Å². The molecular formula is C5H8O3S. The van der Waals surface area contributed by atoms with E-state index < -0.39 is 17.0 Å². The Morgan fingerprint density at radius 1 is 1.67 bits per heavy atom. The molecule has 0 aliphatic carbocycles. The fraction of sp³-hybridized carbons (Fsp3) is 0.600. The average Bonchev–Trinajstić information content (AvgIpc) is 1.79. The van der Waals surface area contributed by atoms with Crippen molar-refractivity contribution in [3.63, 3.8) is 0 Å². The van der Waals surface area contributed by atoms with Gasteiger partial charge in [-0.1, -0.05) is 6.58 Å². The molecule has 3 nitrogen and oxygen atoms in total. The highest BCUT2D eigenvalue weighted by Crippen LogP contribution is 2.29. The van der Waals surface area contributed by atoms with Crippen molar-refractivity contribution in [2.45, 2.75) is 19.4 Å². The lowest BCUT2D eigenvalue weighted by atomic mass is 10.1. The molecule has 0 bridgehead atoms. The van der Waals surface area contributed by atoms with Crippen LogP contribution >= 0.6 is 0 Å². The first-order chi connectivity index (χ1) is 4.02. The Morgan fingerprint density at radius 3 is 2.33 bits per heavy atom. The Kier molecular flexibility index (Phi) is 1.36. The summed E-state index contributed by atoms with van der Waals surface area (Å²) in [6.45, 7) is 7.02. The maximum atomic E-state index is 10.5. The van der Waals surface area contributed by atoms with Gasteiger partial charge in [0.2, 0.25) is 0 Å². The van der Waals surface area contributed by atoms with Crippen molar-refractivity contribution in [3.8, 4) is 0 Å². The summed E-state index contributed by atoms with van der Waals surface area (Å²) in [4.78, 5) is 0. The minimum absolute atomic E-state index is 0.417. The van der Waals surface area contributed by atoms with E-state index in [0.29, 0.717) is 5.76 Å². The third-order valence-electron chi connectivity index (χ3n) is 1.12. The highest BCUT2D eigenvalue weighted by Gasteiger charge is 2.36. The topological polar surface area (TPSA) is 35.5 Å². The van der Waals surface area contributed by atoms with Gasteiger partial charge in [-0.15, -0.1) is 0 Å². The molecule has 0 radical (unpaired) electrons. The summed E-state index contributed by atoms with van der Waals surface area (Å²) in [6, 6.07) is 0. The first-order valence-corrected chi connectivity index (χ1v) is 3.51. The lowest BCUT2D eigenvalue weighted by molar-refractivity contribution is 0.185. The van der Waals surface area contributed by atoms with E-state index in [1.165, 1.54) is 0 Å². The Labute approximate surface area is 56.5 Å². The summed E-state index contributed by atoms with van der Waals surface area (Å²) < 4.78 is 19.9. The molecule has 1 rings (SSSR count). The van der Waals surface area contributed by atoms with Gasteiger partial charge in [-0.3, -0.25) is 0 Å². The Morgan fingerprint density at radius 2 is 2.22 bits per heavy atom. The third-order valence-corrected chi connectivity index (χ3v) is 2.01. The molecule has 1 fully saturated rings. The van der Waals surface area contributed by atoms with Crippen LogP contribution in [0.2, 0.25) is 0 Å². The Bertz CT molecular complexity index is 173. The van der Waals surface area contributed by atoms with Gasteiger partial charge in [0.15, 0.2) is 0 Å². The highest BCUT2D eigenvalue weighted by molar-refractivity contribution is 7.75. The summed E-state index contributed by atoms with van der Waals surface area (Å²) in [5.41, 5.74) is -0.592. The largest absolute Gasteiger partial charge is 0.382 e. The smallest absolute Gasteiger partial charge is 0.360 e. The Balaban J connectivity index is 2.81. The quantitative estimate of drug-likeness (QED) is 0.512. The lowest BCUT2D eigenvalue weighted by Crippen LogP contribution is -2.18. The minimum atomic E-state index is -1.62. The normalized spacial score (nSPS) is 32.2. The SMILES string of the molecule is C=C1OS(=O)OC1(C)C. The summed E-state index contributed by atoms with van der Waals surface area (Å²) >= 11 is -1.62. The second kappa shape index (κ2) is 1.82. The summed E-state index contributed by atoms with van der Waals surface area (Å²) in [6.07, 6.45) is 0. The van der Waals surface area contributed by atoms with E-state index in [1.54, 1.807) is 13.8 Å². The molecule has 0 aromatic heterocycles. The maximum absolute atomic E-state index is 10.5. The first kappa shape index (κ1) is 6.77. The molecule has 0 spiro atoms. The Hall–Kier alpha value is -0.350. The number of rotatable bonds is 0. The van der Waals surface area contributed by atoms with Gasteiger partial charge in [0.25, 0.3) is 0 Å².